The molecule has 5 atom stereocenters. The SMILES string of the molecule is C[C@@H]1C[C@@H](C)CN(C(=O)C[C@@H]2N[C@@H]3CCCC[C@@H]3NC2=O)C1. The van der Waals surface area contributed by atoms with Crippen LogP contribution in [0, 0.1) is 11.8 Å². The van der Waals surface area contributed by atoms with Gasteiger partial charge in [0.15, 0.2) is 0 Å². The molecular weight excluding hydrogens is 278 g/mol. The highest BCUT2D eigenvalue weighted by Gasteiger charge is 2.38. The molecule has 2 aliphatic heterocycles. The van der Waals surface area contributed by atoms with Gasteiger partial charge >= 0.3 is 0 Å². The Balaban J connectivity index is 1.57. The fourth-order valence-electron chi connectivity index (χ4n) is 4.44. The molecule has 1 aliphatic carbocycles. The topological polar surface area (TPSA) is 61.4 Å². The van der Waals surface area contributed by atoms with Crippen LogP contribution in [0.2, 0.25) is 0 Å². The molecule has 0 radical (unpaired) electrons. The summed E-state index contributed by atoms with van der Waals surface area (Å²) in [7, 11) is 0. The molecule has 0 aromatic heterocycles. The number of fused-ring (bicyclic) bond motifs is 1. The average molecular weight is 307 g/mol. The van der Waals surface area contributed by atoms with Gasteiger partial charge in [-0.25, -0.2) is 0 Å². The predicted octanol–water partition coefficient (Wildman–Crippen LogP) is 1.28. The lowest BCUT2D eigenvalue weighted by atomic mass is 9.87. The van der Waals surface area contributed by atoms with Gasteiger partial charge in [-0.05, 0) is 31.1 Å². The zero-order valence-electron chi connectivity index (χ0n) is 13.8. The van der Waals surface area contributed by atoms with E-state index < -0.39 is 0 Å². The Bertz CT molecular complexity index is 430. The van der Waals surface area contributed by atoms with Gasteiger partial charge in [-0.3, -0.25) is 9.59 Å². The second-order valence-electron chi connectivity index (χ2n) is 7.67. The Morgan fingerprint density at radius 3 is 2.45 bits per heavy atom. The lowest BCUT2D eigenvalue weighted by Gasteiger charge is -2.41. The number of rotatable bonds is 2. The van der Waals surface area contributed by atoms with E-state index in [9.17, 15) is 9.59 Å². The standard InChI is InChI=1S/C17H29N3O2/c1-11-7-12(2)10-20(9-11)16(21)8-15-17(22)19-14-6-4-3-5-13(14)18-15/h11-15,18H,3-10H2,1-2H3,(H,19,22)/t11-,12-,13-,14+,15+/m1/s1. The molecule has 5 nitrogen and oxygen atoms in total. The largest absolute Gasteiger partial charge is 0.350 e. The van der Waals surface area contributed by atoms with Crippen LogP contribution >= 0.6 is 0 Å². The van der Waals surface area contributed by atoms with Crippen LogP contribution in [0.15, 0.2) is 0 Å². The number of piperidine rings is 1. The van der Waals surface area contributed by atoms with Crippen molar-refractivity contribution in [3.8, 4) is 0 Å². The van der Waals surface area contributed by atoms with Crippen molar-refractivity contribution in [3.63, 3.8) is 0 Å². The zero-order valence-corrected chi connectivity index (χ0v) is 13.8. The Morgan fingerprint density at radius 1 is 1.14 bits per heavy atom. The predicted molar refractivity (Wildman–Crippen MR) is 85.3 cm³/mol. The molecule has 0 bridgehead atoms. The highest BCUT2D eigenvalue weighted by molar-refractivity contribution is 5.89. The third kappa shape index (κ3) is 3.45. The van der Waals surface area contributed by atoms with E-state index in [0.29, 0.717) is 24.3 Å². The van der Waals surface area contributed by atoms with Gasteiger partial charge in [0.2, 0.25) is 11.8 Å². The van der Waals surface area contributed by atoms with Gasteiger partial charge in [-0.2, -0.15) is 0 Å². The number of carbonyl (C=O) groups excluding carboxylic acids is 2. The first-order chi connectivity index (χ1) is 10.5. The summed E-state index contributed by atoms with van der Waals surface area (Å²) in [6, 6.07) is 0.269. The Hall–Kier alpha value is -1.10. The maximum Gasteiger partial charge on any atom is 0.237 e. The molecule has 2 amide bonds. The van der Waals surface area contributed by atoms with E-state index in [2.05, 4.69) is 24.5 Å². The highest BCUT2D eigenvalue weighted by Crippen LogP contribution is 2.24. The van der Waals surface area contributed by atoms with E-state index in [4.69, 9.17) is 0 Å². The van der Waals surface area contributed by atoms with Gasteiger partial charge in [-0.15, -0.1) is 0 Å². The number of likely N-dealkylation sites (tertiary alicyclic amines) is 1. The third-order valence-electron chi connectivity index (χ3n) is 5.43. The molecule has 0 spiro atoms. The van der Waals surface area contributed by atoms with E-state index >= 15 is 0 Å². The minimum atomic E-state index is -0.348. The van der Waals surface area contributed by atoms with E-state index in [-0.39, 0.29) is 23.9 Å². The summed E-state index contributed by atoms with van der Waals surface area (Å²) in [6.07, 6.45) is 6.06. The zero-order chi connectivity index (χ0) is 15.7. The molecule has 0 aromatic rings. The molecule has 2 saturated heterocycles. The van der Waals surface area contributed by atoms with E-state index in [1.807, 2.05) is 4.90 Å². The van der Waals surface area contributed by atoms with Gasteiger partial charge in [0.1, 0.15) is 0 Å². The van der Waals surface area contributed by atoms with Crippen molar-refractivity contribution in [3.05, 3.63) is 0 Å². The van der Waals surface area contributed by atoms with E-state index in [1.165, 1.54) is 19.3 Å². The molecule has 2 N–H and O–H groups in total. The highest BCUT2D eigenvalue weighted by atomic mass is 16.2. The minimum absolute atomic E-state index is 0.00889. The van der Waals surface area contributed by atoms with Crippen LogP contribution in [0.25, 0.3) is 0 Å². The second-order valence-corrected chi connectivity index (χ2v) is 7.67. The number of nitrogens with one attached hydrogen (secondary N) is 2. The van der Waals surface area contributed by atoms with Crippen molar-refractivity contribution in [1.29, 1.82) is 0 Å². The maximum absolute atomic E-state index is 12.6. The Labute approximate surface area is 133 Å². The third-order valence-corrected chi connectivity index (χ3v) is 5.43. The normalized spacial score (nSPS) is 39.1. The molecule has 5 heteroatoms. The Kier molecular flexibility index (Phi) is 4.71. The summed E-state index contributed by atoms with van der Waals surface area (Å²) >= 11 is 0. The van der Waals surface area contributed by atoms with Gasteiger partial charge in [0, 0.05) is 25.2 Å². The molecule has 1 saturated carbocycles. The average Bonchev–Trinajstić information content (AvgIpc) is 2.47. The van der Waals surface area contributed by atoms with Crippen LogP contribution in [0.5, 0.6) is 0 Å². The van der Waals surface area contributed by atoms with Gasteiger partial charge in [0.05, 0.1) is 12.5 Å². The van der Waals surface area contributed by atoms with Gasteiger partial charge in [-0.1, -0.05) is 26.7 Å². The van der Waals surface area contributed by atoms with Crippen molar-refractivity contribution in [2.75, 3.05) is 13.1 Å². The van der Waals surface area contributed by atoms with E-state index in [0.717, 1.165) is 25.9 Å². The molecule has 3 aliphatic rings. The fourth-order valence-corrected chi connectivity index (χ4v) is 4.44. The van der Waals surface area contributed by atoms with Gasteiger partial charge < -0.3 is 15.5 Å². The smallest absolute Gasteiger partial charge is 0.237 e. The van der Waals surface area contributed by atoms with Crippen molar-refractivity contribution in [2.24, 2.45) is 11.8 Å². The molecule has 2 heterocycles. The first kappa shape index (κ1) is 15.8. The molecular formula is C17H29N3O2. The number of nitrogens with zero attached hydrogens (tertiary/aromatic N) is 1. The van der Waals surface area contributed by atoms with E-state index in [1.54, 1.807) is 0 Å². The van der Waals surface area contributed by atoms with Crippen LogP contribution in [0.3, 0.4) is 0 Å². The lowest BCUT2D eigenvalue weighted by Crippen LogP contribution is -2.65. The molecule has 3 fully saturated rings. The molecule has 0 aromatic carbocycles. The van der Waals surface area contributed by atoms with Crippen LogP contribution in [-0.2, 0) is 9.59 Å². The van der Waals surface area contributed by atoms with Crippen molar-refractivity contribution in [2.45, 2.75) is 70.5 Å². The fraction of sp³-hybridized carbons (Fsp3) is 0.882. The second kappa shape index (κ2) is 6.57. The monoisotopic (exact) mass is 307 g/mol. The maximum atomic E-state index is 12.6. The quantitative estimate of drug-likeness (QED) is 0.808. The lowest BCUT2D eigenvalue weighted by molar-refractivity contribution is -0.138. The minimum Gasteiger partial charge on any atom is -0.350 e. The molecule has 124 valence electrons. The first-order valence-electron chi connectivity index (χ1n) is 8.87. The number of hydrogen-bond donors (Lipinski definition) is 2. The summed E-state index contributed by atoms with van der Waals surface area (Å²) < 4.78 is 0. The Morgan fingerprint density at radius 2 is 1.77 bits per heavy atom. The van der Waals surface area contributed by atoms with Crippen LogP contribution in [-0.4, -0.2) is 47.9 Å². The van der Waals surface area contributed by atoms with Crippen LogP contribution in [0.4, 0.5) is 0 Å². The summed E-state index contributed by atoms with van der Waals surface area (Å²) in [5, 5.41) is 6.56. The van der Waals surface area contributed by atoms with Crippen LogP contribution in [0.1, 0.15) is 52.4 Å². The van der Waals surface area contributed by atoms with Gasteiger partial charge in [0.25, 0.3) is 0 Å². The summed E-state index contributed by atoms with van der Waals surface area (Å²) in [6.45, 7) is 6.08. The number of amides is 2. The number of carbonyl (C=O) groups is 2. The van der Waals surface area contributed by atoms with Crippen molar-refractivity contribution >= 4 is 11.8 Å². The van der Waals surface area contributed by atoms with Crippen molar-refractivity contribution < 1.29 is 9.59 Å². The summed E-state index contributed by atoms with van der Waals surface area (Å²) in [5.74, 6) is 1.25. The summed E-state index contributed by atoms with van der Waals surface area (Å²) in [4.78, 5) is 26.8. The molecule has 3 rings (SSSR count). The number of piperazine rings is 1. The molecule has 22 heavy (non-hydrogen) atoms. The first-order valence-corrected chi connectivity index (χ1v) is 8.87. The number of hydrogen-bond acceptors (Lipinski definition) is 3. The summed E-state index contributed by atoms with van der Waals surface area (Å²) in [5.41, 5.74) is 0. The van der Waals surface area contributed by atoms with Crippen LogP contribution < -0.4 is 10.6 Å². The van der Waals surface area contributed by atoms with Crippen molar-refractivity contribution in [1.82, 2.24) is 15.5 Å². The molecule has 0 unspecified atom stereocenters.